The van der Waals surface area contributed by atoms with Crippen LogP contribution in [0.1, 0.15) is 38.5 Å². The zero-order valence-corrected chi connectivity index (χ0v) is 10.7. The average molecular weight is 306 g/mol. The summed E-state index contributed by atoms with van der Waals surface area (Å²) in [6.07, 6.45) is 8.43. The summed E-state index contributed by atoms with van der Waals surface area (Å²) in [5.41, 5.74) is 0.357. The number of rotatable bonds is 2. The molecule has 0 aromatic heterocycles. The third-order valence-corrected chi connectivity index (χ3v) is 5.77. The fraction of sp³-hybridized carbons (Fsp3) is 1.00. The average Bonchev–Trinajstić information content (AvgIpc) is 2.14. The van der Waals surface area contributed by atoms with Crippen molar-refractivity contribution >= 4 is 22.6 Å². The molecule has 0 aliphatic heterocycles. The summed E-state index contributed by atoms with van der Waals surface area (Å²) in [4.78, 5) is 0. The summed E-state index contributed by atoms with van der Waals surface area (Å²) in [5, 5.41) is 10.2. The SMILES string of the molecule is OC(CI)C12CC3CC(CC(C3)C1)C2. The normalized spacial score (nSPS) is 52.3. The number of aliphatic hydroxyl groups excluding tert-OH is 1. The molecule has 1 unspecified atom stereocenters. The highest BCUT2D eigenvalue weighted by Crippen LogP contribution is 2.61. The zero-order valence-electron chi connectivity index (χ0n) is 8.58. The highest BCUT2D eigenvalue weighted by molar-refractivity contribution is 14.1. The number of hydrogen-bond donors (Lipinski definition) is 1. The van der Waals surface area contributed by atoms with Gasteiger partial charge in [-0.2, -0.15) is 0 Å². The first-order chi connectivity index (χ1) is 6.72. The largest absolute Gasteiger partial charge is 0.392 e. The molecule has 4 aliphatic rings. The lowest BCUT2D eigenvalue weighted by Gasteiger charge is -2.58. The second kappa shape index (κ2) is 3.34. The van der Waals surface area contributed by atoms with E-state index >= 15 is 0 Å². The molecule has 0 heterocycles. The molecule has 4 saturated carbocycles. The highest BCUT2D eigenvalue weighted by Gasteiger charge is 2.53. The van der Waals surface area contributed by atoms with Crippen molar-refractivity contribution in [2.75, 3.05) is 4.43 Å². The maximum Gasteiger partial charge on any atom is 0.0686 e. The summed E-state index contributed by atoms with van der Waals surface area (Å²) < 4.78 is 0.934. The van der Waals surface area contributed by atoms with E-state index < -0.39 is 0 Å². The van der Waals surface area contributed by atoms with Crippen LogP contribution in [0.15, 0.2) is 0 Å². The van der Waals surface area contributed by atoms with Crippen LogP contribution in [0, 0.1) is 23.2 Å². The van der Waals surface area contributed by atoms with Gasteiger partial charge in [-0.05, 0) is 61.7 Å². The summed E-state index contributed by atoms with van der Waals surface area (Å²) in [6.45, 7) is 0. The first-order valence-corrected chi connectivity index (χ1v) is 7.48. The van der Waals surface area contributed by atoms with Gasteiger partial charge in [0, 0.05) is 4.43 Å². The molecule has 1 nitrogen and oxygen atoms in total. The molecule has 0 amide bonds. The molecule has 0 spiro atoms. The lowest BCUT2D eigenvalue weighted by Crippen LogP contribution is -2.52. The van der Waals surface area contributed by atoms with Crippen LogP contribution in [-0.4, -0.2) is 15.6 Å². The Bertz CT molecular complexity index is 203. The predicted molar refractivity (Wildman–Crippen MR) is 65.5 cm³/mol. The van der Waals surface area contributed by atoms with Crippen molar-refractivity contribution in [3.05, 3.63) is 0 Å². The molecular weight excluding hydrogens is 287 g/mol. The van der Waals surface area contributed by atoms with Crippen molar-refractivity contribution in [3.63, 3.8) is 0 Å². The lowest BCUT2D eigenvalue weighted by molar-refractivity contribution is -0.111. The maximum atomic E-state index is 10.2. The van der Waals surface area contributed by atoms with Gasteiger partial charge in [-0.15, -0.1) is 0 Å². The van der Waals surface area contributed by atoms with Gasteiger partial charge in [0.15, 0.2) is 0 Å². The van der Waals surface area contributed by atoms with E-state index in [2.05, 4.69) is 22.6 Å². The van der Waals surface area contributed by atoms with Crippen molar-refractivity contribution in [2.45, 2.75) is 44.6 Å². The second-order valence-corrected chi connectivity index (χ2v) is 6.83. The van der Waals surface area contributed by atoms with E-state index in [9.17, 15) is 5.11 Å². The minimum Gasteiger partial charge on any atom is -0.392 e. The Morgan fingerprint density at radius 3 is 1.86 bits per heavy atom. The summed E-state index contributed by atoms with van der Waals surface area (Å²) in [7, 11) is 0. The molecular formula is C12H19IO. The van der Waals surface area contributed by atoms with Crippen LogP contribution < -0.4 is 0 Å². The lowest BCUT2D eigenvalue weighted by atomic mass is 9.48. The Hall–Kier alpha value is 0.690. The molecule has 14 heavy (non-hydrogen) atoms. The van der Waals surface area contributed by atoms with Crippen LogP contribution in [0.5, 0.6) is 0 Å². The molecule has 80 valence electrons. The van der Waals surface area contributed by atoms with E-state index in [0.29, 0.717) is 5.41 Å². The highest BCUT2D eigenvalue weighted by atomic mass is 127. The van der Waals surface area contributed by atoms with E-state index in [-0.39, 0.29) is 6.10 Å². The molecule has 0 aromatic carbocycles. The Balaban J connectivity index is 1.87. The number of alkyl halides is 1. The number of hydrogen-bond acceptors (Lipinski definition) is 1. The van der Waals surface area contributed by atoms with E-state index in [1.807, 2.05) is 0 Å². The first-order valence-electron chi connectivity index (χ1n) is 5.96. The van der Waals surface area contributed by atoms with E-state index in [1.54, 1.807) is 0 Å². The van der Waals surface area contributed by atoms with Gasteiger partial charge in [-0.25, -0.2) is 0 Å². The van der Waals surface area contributed by atoms with Gasteiger partial charge in [-0.1, -0.05) is 22.6 Å². The van der Waals surface area contributed by atoms with Crippen LogP contribution in [-0.2, 0) is 0 Å². The molecule has 0 aromatic rings. The summed E-state index contributed by atoms with van der Waals surface area (Å²) in [6, 6.07) is 0. The van der Waals surface area contributed by atoms with Crippen LogP contribution in [0.2, 0.25) is 0 Å². The van der Waals surface area contributed by atoms with Gasteiger partial charge in [0.2, 0.25) is 0 Å². The Labute approximate surface area is 99.8 Å². The monoisotopic (exact) mass is 306 g/mol. The van der Waals surface area contributed by atoms with Crippen molar-refractivity contribution in [1.82, 2.24) is 0 Å². The van der Waals surface area contributed by atoms with Crippen molar-refractivity contribution in [1.29, 1.82) is 0 Å². The molecule has 4 aliphatic carbocycles. The van der Waals surface area contributed by atoms with E-state index in [0.717, 1.165) is 22.2 Å². The summed E-state index contributed by atoms with van der Waals surface area (Å²) in [5.74, 6) is 2.91. The Kier molecular flexibility index (Phi) is 2.36. The summed E-state index contributed by atoms with van der Waals surface area (Å²) >= 11 is 2.35. The van der Waals surface area contributed by atoms with Crippen LogP contribution in [0.4, 0.5) is 0 Å². The van der Waals surface area contributed by atoms with Gasteiger partial charge in [0.05, 0.1) is 6.10 Å². The van der Waals surface area contributed by atoms with E-state index in [1.165, 1.54) is 38.5 Å². The van der Waals surface area contributed by atoms with Crippen LogP contribution in [0.25, 0.3) is 0 Å². The molecule has 1 N–H and O–H groups in total. The second-order valence-electron chi connectivity index (χ2n) is 5.95. The Morgan fingerprint density at radius 2 is 1.50 bits per heavy atom. The molecule has 4 rings (SSSR count). The minimum absolute atomic E-state index is 0.0171. The molecule has 4 bridgehead atoms. The standard InChI is InChI=1S/C12H19IO/c13-7-11(14)12-4-8-1-9(5-12)3-10(2-8)6-12/h8-11,14H,1-7H2. The van der Waals surface area contributed by atoms with E-state index in [4.69, 9.17) is 0 Å². The molecule has 0 radical (unpaired) electrons. The third kappa shape index (κ3) is 1.36. The van der Waals surface area contributed by atoms with Gasteiger partial charge in [0.25, 0.3) is 0 Å². The minimum atomic E-state index is -0.0171. The maximum absolute atomic E-state index is 10.2. The van der Waals surface area contributed by atoms with Gasteiger partial charge < -0.3 is 5.11 Å². The predicted octanol–water partition coefficient (Wildman–Crippen LogP) is 3.00. The molecule has 0 saturated heterocycles. The van der Waals surface area contributed by atoms with Gasteiger partial charge in [0.1, 0.15) is 0 Å². The topological polar surface area (TPSA) is 20.2 Å². The Morgan fingerprint density at radius 1 is 1.07 bits per heavy atom. The number of aliphatic hydroxyl groups is 1. The number of halogens is 1. The fourth-order valence-corrected chi connectivity index (χ4v) is 5.68. The van der Waals surface area contributed by atoms with Crippen molar-refractivity contribution in [3.8, 4) is 0 Å². The van der Waals surface area contributed by atoms with Gasteiger partial charge in [-0.3, -0.25) is 0 Å². The van der Waals surface area contributed by atoms with Crippen molar-refractivity contribution < 1.29 is 5.11 Å². The first kappa shape index (κ1) is 9.88. The smallest absolute Gasteiger partial charge is 0.0686 e. The molecule has 2 heteroatoms. The zero-order chi connectivity index (χ0) is 9.76. The van der Waals surface area contributed by atoms with Gasteiger partial charge >= 0.3 is 0 Å². The van der Waals surface area contributed by atoms with Crippen molar-refractivity contribution in [2.24, 2.45) is 23.2 Å². The molecule has 4 fully saturated rings. The fourth-order valence-electron chi connectivity index (χ4n) is 4.75. The third-order valence-electron chi connectivity index (χ3n) is 4.94. The quantitative estimate of drug-likeness (QED) is 0.614. The van der Waals surface area contributed by atoms with Crippen LogP contribution >= 0.6 is 22.6 Å². The van der Waals surface area contributed by atoms with Crippen LogP contribution in [0.3, 0.4) is 0 Å². The molecule has 1 atom stereocenters.